The lowest BCUT2D eigenvalue weighted by atomic mass is 10.0. The molecule has 0 aromatic heterocycles. The Morgan fingerprint density at radius 3 is 1.14 bits per heavy atom. The smallest absolute Gasteiger partial charge is 0.387 e. The largest absolute Gasteiger partial charge is 0.472 e. The number of nitrogens with zero attached hydrogens (tertiary/aromatic N) is 1. The maximum Gasteiger partial charge on any atom is 0.472 e. The second kappa shape index (κ2) is 56.2. The standard InChI is InChI=1S/C65H125N2O6P/c1-6-8-10-12-14-16-18-19-20-21-22-23-24-25-26-27-28-29-30-31-32-33-34-35-36-37-38-39-40-41-42-43-44-45-46-47-49-51-53-55-57-59-65(69)66-63(62-73-74(70,71)72-61-60-67(3,4)5)64(68)58-56-54-52-50-48-17-15-13-11-9-7-2/h11,13,21-22,48,50,56,58,63-64,68H,6-10,12,14-20,23-47,49,51-55,57,59-62H2,1-5H3,(H-,66,69,70,71)/p+1/b13-11+,22-21-,50-48+,58-56+. The number of allylic oxidation sites excluding steroid dienone is 7. The molecule has 0 rings (SSSR count). The van der Waals surface area contributed by atoms with E-state index in [9.17, 15) is 19.4 Å². The summed E-state index contributed by atoms with van der Waals surface area (Å²) in [5, 5.41) is 13.8. The predicted octanol–water partition coefficient (Wildman–Crippen LogP) is 19.9. The van der Waals surface area contributed by atoms with Gasteiger partial charge < -0.3 is 19.8 Å². The van der Waals surface area contributed by atoms with Crippen molar-refractivity contribution in [3.8, 4) is 0 Å². The van der Waals surface area contributed by atoms with Gasteiger partial charge in [0.2, 0.25) is 5.91 Å². The van der Waals surface area contributed by atoms with Crippen LogP contribution in [0.3, 0.4) is 0 Å². The normalized spacial score (nSPS) is 14.1. The summed E-state index contributed by atoms with van der Waals surface area (Å²) < 4.78 is 23.6. The predicted molar refractivity (Wildman–Crippen MR) is 323 cm³/mol. The SMILES string of the molecule is CCC/C=C/CC/C=C/CC/C=C/C(O)C(COP(=O)(O)OCC[N+](C)(C)C)NC(=O)CCCCCCCCCCCCCCCCCCCCCCCCCCCCCCC/C=C\CCCCCCCCCC. The van der Waals surface area contributed by atoms with E-state index in [0.717, 1.165) is 51.4 Å². The van der Waals surface area contributed by atoms with Crippen LogP contribution < -0.4 is 5.32 Å². The molecule has 0 aliphatic heterocycles. The molecule has 3 N–H and O–H groups in total. The van der Waals surface area contributed by atoms with Crippen molar-refractivity contribution in [2.75, 3.05) is 40.9 Å². The van der Waals surface area contributed by atoms with Gasteiger partial charge in [-0.25, -0.2) is 4.57 Å². The zero-order valence-corrected chi connectivity index (χ0v) is 50.7. The molecule has 1 amide bonds. The number of nitrogens with one attached hydrogen (secondary N) is 1. The number of unbranched alkanes of at least 4 members (excludes halogenated alkanes) is 40. The van der Waals surface area contributed by atoms with E-state index in [-0.39, 0.29) is 19.1 Å². The first kappa shape index (κ1) is 72.5. The molecular formula is C65H126N2O6P+. The highest BCUT2D eigenvalue weighted by Crippen LogP contribution is 2.43. The first-order chi connectivity index (χ1) is 36.0. The minimum absolute atomic E-state index is 0.0541. The van der Waals surface area contributed by atoms with E-state index in [1.807, 2.05) is 27.2 Å². The molecule has 9 heteroatoms. The van der Waals surface area contributed by atoms with Crippen LogP contribution >= 0.6 is 7.82 Å². The Kier molecular flexibility index (Phi) is 55.0. The van der Waals surface area contributed by atoms with Crippen molar-refractivity contribution < 1.29 is 32.9 Å². The summed E-state index contributed by atoms with van der Waals surface area (Å²) in [5.74, 6) is -0.188. The van der Waals surface area contributed by atoms with Crippen LogP contribution in [-0.2, 0) is 18.4 Å². The molecule has 3 unspecified atom stereocenters. The highest BCUT2D eigenvalue weighted by molar-refractivity contribution is 7.47. The summed E-state index contributed by atoms with van der Waals surface area (Å²) in [7, 11) is 1.55. The number of rotatable bonds is 59. The van der Waals surface area contributed by atoms with Crippen LogP contribution in [-0.4, -0.2) is 73.4 Å². The lowest BCUT2D eigenvalue weighted by Gasteiger charge is -2.25. The highest BCUT2D eigenvalue weighted by Gasteiger charge is 2.27. The Bertz CT molecular complexity index is 1340. The molecule has 0 aromatic rings. The molecule has 0 aromatic carbocycles. The minimum atomic E-state index is -4.35. The molecule has 0 aliphatic rings. The number of carbonyl (C=O) groups is 1. The van der Waals surface area contributed by atoms with Gasteiger partial charge in [0.25, 0.3) is 0 Å². The Labute approximate surface area is 460 Å². The van der Waals surface area contributed by atoms with Crippen molar-refractivity contribution in [3.63, 3.8) is 0 Å². The number of aliphatic hydroxyl groups is 1. The molecule has 74 heavy (non-hydrogen) atoms. The molecule has 0 heterocycles. The average Bonchev–Trinajstić information content (AvgIpc) is 3.36. The maximum atomic E-state index is 12.9. The van der Waals surface area contributed by atoms with Crippen LogP contribution in [0.25, 0.3) is 0 Å². The van der Waals surface area contributed by atoms with Gasteiger partial charge in [0.05, 0.1) is 39.9 Å². The van der Waals surface area contributed by atoms with Crippen molar-refractivity contribution in [2.45, 2.75) is 321 Å². The number of phosphoric acid groups is 1. The van der Waals surface area contributed by atoms with Gasteiger partial charge in [0.15, 0.2) is 0 Å². The monoisotopic (exact) mass is 1060 g/mol. The summed E-state index contributed by atoms with van der Waals surface area (Å²) in [5.41, 5.74) is 0. The molecule has 436 valence electrons. The molecule has 0 radical (unpaired) electrons. The second-order valence-electron chi connectivity index (χ2n) is 23.1. The third kappa shape index (κ3) is 58.1. The number of phosphoric ester groups is 1. The van der Waals surface area contributed by atoms with Crippen LogP contribution in [0.5, 0.6) is 0 Å². The van der Waals surface area contributed by atoms with E-state index >= 15 is 0 Å². The van der Waals surface area contributed by atoms with Crippen LogP contribution in [0.4, 0.5) is 0 Å². The van der Waals surface area contributed by atoms with Crippen molar-refractivity contribution in [1.29, 1.82) is 0 Å². The summed E-state index contributed by atoms with van der Waals surface area (Å²) in [6.07, 6.45) is 75.8. The van der Waals surface area contributed by atoms with Gasteiger partial charge in [-0.3, -0.25) is 13.8 Å². The number of carbonyl (C=O) groups excluding carboxylic acids is 1. The van der Waals surface area contributed by atoms with Crippen LogP contribution in [0.15, 0.2) is 48.6 Å². The molecule has 0 saturated carbocycles. The van der Waals surface area contributed by atoms with Gasteiger partial charge in [-0.1, -0.05) is 287 Å². The summed E-state index contributed by atoms with van der Waals surface area (Å²) >= 11 is 0. The van der Waals surface area contributed by atoms with E-state index in [1.54, 1.807) is 6.08 Å². The van der Waals surface area contributed by atoms with Crippen molar-refractivity contribution >= 4 is 13.7 Å². The first-order valence-electron chi connectivity index (χ1n) is 32.0. The number of quaternary nitrogens is 1. The quantitative estimate of drug-likeness (QED) is 0.0243. The van der Waals surface area contributed by atoms with Crippen molar-refractivity contribution in [2.24, 2.45) is 0 Å². The third-order valence-corrected chi connectivity index (χ3v) is 15.5. The third-order valence-electron chi connectivity index (χ3n) is 14.5. The van der Waals surface area contributed by atoms with Crippen molar-refractivity contribution in [1.82, 2.24) is 5.32 Å². The fourth-order valence-electron chi connectivity index (χ4n) is 9.49. The average molecular weight is 1060 g/mol. The van der Waals surface area contributed by atoms with Crippen LogP contribution in [0.2, 0.25) is 0 Å². The molecule has 0 spiro atoms. The Morgan fingerprint density at radius 1 is 0.446 bits per heavy atom. The number of hydrogen-bond acceptors (Lipinski definition) is 5. The minimum Gasteiger partial charge on any atom is -0.387 e. The number of amides is 1. The van der Waals surface area contributed by atoms with Gasteiger partial charge in [0, 0.05) is 6.42 Å². The Balaban J connectivity index is 3.79. The second-order valence-corrected chi connectivity index (χ2v) is 24.6. The summed E-state index contributed by atoms with van der Waals surface area (Å²) in [6.45, 7) is 4.73. The van der Waals surface area contributed by atoms with Gasteiger partial charge in [-0.15, -0.1) is 0 Å². The van der Waals surface area contributed by atoms with Gasteiger partial charge in [-0.05, 0) is 64.2 Å². The lowest BCUT2D eigenvalue weighted by molar-refractivity contribution is -0.870. The zero-order valence-electron chi connectivity index (χ0n) is 49.8. The Hall–Kier alpha value is -1.54. The topological polar surface area (TPSA) is 105 Å². The number of likely N-dealkylation sites (N-methyl/N-ethyl adjacent to an activating group) is 1. The summed E-state index contributed by atoms with van der Waals surface area (Å²) in [6, 6.07) is -0.867. The number of aliphatic hydroxyl groups excluding tert-OH is 1. The van der Waals surface area contributed by atoms with E-state index in [4.69, 9.17) is 9.05 Å². The van der Waals surface area contributed by atoms with Crippen LogP contribution in [0, 0.1) is 0 Å². The van der Waals surface area contributed by atoms with E-state index < -0.39 is 20.0 Å². The summed E-state index contributed by atoms with van der Waals surface area (Å²) in [4.78, 5) is 23.2. The lowest BCUT2D eigenvalue weighted by Crippen LogP contribution is -2.45. The van der Waals surface area contributed by atoms with Crippen LogP contribution in [0.1, 0.15) is 309 Å². The maximum absolute atomic E-state index is 12.9. The van der Waals surface area contributed by atoms with Gasteiger partial charge in [0.1, 0.15) is 13.2 Å². The van der Waals surface area contributed by atoms with Gasteiger partial charge in [-0.2, -0.15) is 0 Å². The molecule has 0 bridgehead atoms. The molecule has 0 fully saturated rings. The van der Waals surface area contributed by atoms with Gasteiger partial charge >= 0.3 is 7.82 Å². The van der Waals surface area contributed by atoms with Crippen molar-refractivity contribution in [3.05, 3.63) is 48.6 Å². The fourth-order valence-corrected chi connectivity index (χ4v) is 10.2. The highest BCUT2D eigenvalue weighted by atomic mass is 31.2. The molecule has 8 nitrogen and oxygen atoms in total. The van der Waals surface area contributed by atoms with E-state index in [2.05, 4.69) is 55.6 Å². The van der Waals surface area contributed by atoms with E-state index in [0.29, 0.717) is 17.4 Å². The first-order valence-corrected chi connectivity index (χ1v) is 33.5. The molecule has 3 atom stereocenters. The molecule has 0 saturated heterocycles. The number of hydrogen-bond donors (Lipinski definition) is 3. The molecular weight excluding hydrogens is 936 g/mol. The van der Waals surface area contributed by atoms with E-state index in [1.165, 1.54) is 238 Å². The molecule has 0 aliphatic carbocycles. The Morgan fingerprint density at radius 2 is 0.770 bits per heavy atom. The fraction of sp³-hybridized carbons (Fsp3) is 0.862. The zero-order chi connectivity index (χ0) is 54.2.